The van der Waals surface area contributed by atoms with Crippen LogP contribution in [-0.4, -0.2) is 9.55 Å². The van der Waals surface area contributed by atoms with Gasteiger partial charge in [-0.15, -0.1) is 0 Å². The number of halogens is 3. The molecule has 0 amide bonds. The normalized spacial score (nSPS) is 11.3. The molecule has 2 nitrogen and oxygen atoms in total. The largest absolute Gasteiger partial charge is 0.326 e. The number of hydrogen-bond acceptors (Lipinski definition) is 1. The molecule has 1 aromatic carbocycles. The number of fused-ring (bicyclic) bond motifs is 1. The van der Waals surface area contributed by atoms with Crippen LogP contribution in [0.15, 0.2) is 6.07 Å². The average molecular weight is 322 g/mol. The maximum atomic E-state index is 13.8. The van der Waals surface area contributed by atoms with E-state index in [1.807, 2.05) is 6.92 Å². The van der Waals surface area contributed by atoms with Gasteiger partial charge in [-0.1, -0.05) is 0 Å². The summed E-state index contributed by atoms with van der Waals surface area (Å²) in [4.78, 5) is 4.13. The minimum absolute atomic E-state index is 0.0229. The molecule has 0 unspecified atom stereocenters. The van der Waals surface area contributed by atoms with Crippen molar-refractivity contribution < 1.29 is 8.78 Å². The highest BCUT2D eigenvalue weighted by Gasteiger charge is 2.17. The predicted molar refractivity (Wildman–Crippen MR) is 62.8 cm³/mol. The lowest BCUT2D eigenvalue weighted by molar-refractivity contribution is 0.573. The molecule has 0 fully saturated rings. The molecular weight excluding hydrogens is 313 g/mol. The minimum atomic E-state index is -0.554. The summed E-state index contributed by atoms with van der Waals surface area (Å²) < 4.78 is 28.8. The Balaban J connectivity index is 2.93. The molecule has 80 valence electrons. The topological polar surface area (TPSA) is 17.8 Å². The van der Waals surface area contributed by atoms with Gasteiger partial charge in [0.25, 0.3) is 0 Å². The number of benzene rings is 1. The summed E-state index contributed by atoms with van der Waals surface area (Å²) in [6.07, 6.45) is 0. The van der Waals surface area contributed by atoms with Crippen molar-refractivity contribution in [2.24, 2.45) is 0 Å². The maximum Gasteiger partial charge on any atom is 0.165 e. The Bertz CT molecular complexity index is 534. The zero-order valence-corrected chi connectivity index (χ0v) is 10.5. The monoisotopic (exact) mass is 322 g/mol. The van der Waals surface area contributed by atoms with E-state index in [-0.39, 0.29) is 3.57 Å². The molecule has 0 radical (unpaired) electrons. The molecule has 5 heteroatoms. The molecule has 15 heavy (non-hydrogen) atoms. The molecule has 1 heterocycles. The van der Waals surface area contributed by atoms with E-state index >= 15 is 0 Å². The third-order valence-corrected chi connectivity index (χ3v) is 3.36. The second-order valence-electron chi connectivity index (χ2n) is 3.26. The Morgan fingerprint density at radius 1 is 1.47 bits per heavy atom. The number of aryl methyl sites for hydroxylation is 2. The van der Waals surface area contributed by atoms with Crippen LogP contribution < -0.4 is 0 Å². The summed E-state index contributed by atoms with van der Waals surface area (Å²) in [5.74, 6) is -0.373. The van der Waals surface area contributed by atoms with E-state index < -0.39 is 11.6 Å². The van der Waals surface area contributed by atoms with Crippen molar-refractivity contribution in [1.29, 1.82) is 0 Å². The fourth-order valence-corrected chi connectivity index (χ4v) is 2.11. The van der Waals surface area contributed by atoms with Gasteiger partial charge in [-0.25, -0.2) is 13.8 Å². The number of hydrogen-bond donors (Lipinski definition) is 0. The standard InChI is InChI=1S/C10H9F2IN2/c1-3-15-5(2)14-7-4-6(11)9(13)8(12)10(7)15/h4H,3H2,1-2H3. The fourth-order valence-electron chi connectivity index (χ4n) is 1.70. The highest BCUT2D eigenvalue weighted by Crippen LogP contribution is 2.25. The summed E-state index contributed by atoms with van der Waals surface area (Å²) in [5.41, 5.74) is 0.769. The molecule has 0 atom stereocenters. The van der Waals surface area contributed by atoms with E-state index in [4.69, 9.17) is 0 Å². The second-order valence-corrected chi connectivity index (χ2v) is 4.34. The van der Waals surface area contributed by atoms with Gasteiger partial charge in [0.15, 0.2) is 5.82 Å². The molecule has 0 spiro atoms. The van der Waals surface area contributed by atoms with Gasteiger partial charge in [0.2, 0.25) is 0 Å². The lowest BCUT2D eigenvalue weighted by Gasteiger charge is -2.04. The zero-order valence-electron chi connectivity index (χ0n) is 8.31. The molecule has 0 bridgehead atoms. The van der Waals surface area contributed by atoms with Crippen molar-refractivity contribution in [3.8, 4) is 0 Å². The van der Waals surface area contributed by atoms with Gasteiger partial charge >= 0.3 is 0 Å². The number of imidazole rings is 1. The summed E-state index contributed by atoms with van der Waals surface area (Å²) in [5, 5.41) is 0. The molecule has 0 N–H and O–H groups in total. The van der Waals surface area contributed by atoms with E-state index in [9.17, 15) is 8.78 Å². The van der Waals surface area contributed by atoms with Crippen LogP contribution in [0.4, 0.5) is 8.78 Å². The van der Waals surface area contributed by atoms with Gasteiger partial charge in [0.05, 0.1) is 9.09 Å². The highest BCUT2D eigenvalue weighted by molar-refractivity contribution is 14.1. The molecule has 0 saturated carbocycles. The molecule has 0 saturated heterocycles. The quantitative estimate of drug-likeness (QED) is 0.582. The highest BCUT2D eigenvalue weighted by atomic mass is 127. The molecule has 2 aromatic rings. The van der Waals surface area contributed by atoms with E-state index in [2.05, 4.69) is 4.98 Å². The Kier molecular flexibility index (Phi) is 2.66. The van der Waals surface area contributed by atoms with Crippen LogP contribution in [0.5, 0.6) is 0 Å². The summed E-state index contributed by atoms with van der Waals surface area (Å²) >= 11 is 1.67. The van der Waals surface area contributed by atoms with Gasteiger partial charge < -0.3 is 4.57 Å². The number of rotatable bonds is 1. The fraction of sp³-hybridized carbons (Fsp3) is 0.300. The SMILES string of the molecule is CCn1c(C)nc2cc(F)c(I)c(F)c21. The van der Waals surface area contributed by atoms with E-state index in [1.165, 1.54) is 6.07 Å². The molecule has 0 aliphatic rings. The molecule has 2 rings (SSSR count). The maximum absolute atomic E-state index is 13.8. The van der Waals surface area contributed by atoms with Crippen LogP contribution in [0, 0.1) is 22.1 Å². The number of nitrogens with zero attached hydrogens (tertiary/aromatic N) is 2. The Morgan fingerprint density at radius 3 is 2.73 bits per heavy atom. The first-order valence-corrected chi connectivity index (χ1v) is 5.64. The van der Waals surface area contributed by atoms with Crippen LogP contribution in [0.2, 0.25) is 0 Å². The van der Waals surface area contributed by atoms with Crippen LogP contribution in [-0.2, 0) is 6.54 Å². The van der Waals surface area contributed by atoms with Gasteiger partial charge in [0, 0.05) is 12.6 Å². The van der Waals surface area contributed by atoms with Gasteiger partial charge in [-0.05, 0) is 36.4 Å². The summed E-state index contributed by atoms with van der Waals surface area (Å²) in [6, 6.07) is 1.28. The van der Waals surface area contributed by atoms with Crippen molar-refractivity contribution in [2.45, 2.75) is 20.4 Å². The molecular formula is C10H9F2IN2. The number of aromatic nitrogens is 2. The van der Waals surface area contributed by atoms with E-state index in [0.717, 1.165) is 0 Å². The minimum Gasteiger partial charge on any atom is -0.326 e. The van der Waals surface area contributed by atoms with Crippen molar-refractivity contribution >= 4 is 33.6 Å². The Labute approximate surface area is 99.4 Å². The van der Waals surface area contributed by atoms with Gasteiger partial charge in [-0.3, -0.25) is 0 Å². The van der Waals surface area contributed by atoms with Crippen molar-refractivity contribution in [3.63, 3.8) is 0 Å². The smallest absolute Gasteiger partial charge is 0.165 e. The van der Waals surface area contributed by atoms with Gasteiger partial charge in [-0.2, -0.15) is 0 Å². The second kappa shape index (κ2) is 3.70. The van der Waals surface area contributed by atoms with Crippen molar-refractivity contribution in [2.75, 3.05) is 0 Å². The van der Waals surface area contributed by atoms with Crippen LogP contribution in [0.25, 0.3) is 11.0 Å². The van der Waals surface area contributed by atoms with Crippen LogP contribution in [0.3, 0.4) is 0 Å². The third kappa shape index (κ3) is 1.53. The first-order chi connectivity index (χ1) is 7.06. The van der Waals surface area contributed by atoms with Crippen molar-refractivity contribution in [3.05, 3.63) is 27.1 Å². The lowest BCUT2D eigenvalue weighted by atomic mass is 10.3. The Morgan fingerprint density at radius 2 is 2.13 bits per heavy atom. The molecule has 0 aliphatic heterocycles. The Hall–Kier alpha value is -0.720. The summed E-state index contributed by atoms with van der Waals surface area (Å²) in [7, 11) is 0. The predicted octanol–water partition coefficient (Wildman–Crippen LogP) is 3.25. The van der Waals surface area contributed by atoms with Crippen molar-refractivity contribution in [1.82, 2.24) is 9.55 Å². The molecule has 0 aliphatic carbocycles. The van der Waals surface area contributed by atoms with Crippen LogP contribution >= 0.6 is 22.6 Å². The lowest BCUT2D eigenvalue weighted by Crippen LogP contribution is -2.00. The van der Waals surface area contributed by atoms with Crippen LogP contribution in [0.1, 0.15) is 12.7 Å². The molecule has 1 aromatic heterocycles. The van der Waals surface area contributed by atoms with E-state index in [1.54, 1.807) is 34.1 Å². The first-order valence-electron chi connectivity index (χ1n) is 4.56. The van der Waals surface area contributed by atoms with E-state index in [0.29, 0.717) is 23.4 Å². The third-order valence-electron chi connectivity index (χ3n) is 2.38. The zero-order chi connectivity index (χ0) is 11.2. The summed E-state index contributed by atoms with van der Waals surface area (Å²) in [6.45, 7) is 4.32. The van der Waals surface area contributed by atoms with Gasteiger partial charge in [0.1, 0.15) is 17.2 Å². The average Bonchev–Trinajstić information content (AvgIpc) is 2.50. The first kappa shape index (κ1) is 10.8.